The maximum absolute atomic E-state index is 12.0. The fourth-order valence-electron chi connectivity index (χ4n) is 2.18. The van der Waals surface area contributed by atoms with Crippen molar-refractivity contribution in [1.29, 1.82) is 0 Å². The highest BCUT2D eigenvalue weighted by Gasteiger charge is 2.09. The number of carbonyl (C=O) groups is 3. The number of hydrogen-bond acceptors (Lipinski definition) is 4. The van der Waals surface area contributed by atoms with Crippen LogP contribution in [0.4, 0.5) is 5.69 Å². The van der Waals surface area contributed by atoms with E-state index < -0.39 is 18.4 Å². The lowest BCUT2D eigenvalue weighted by Gasteiger charge is -2.11. The van der Waals surface area contributed by atoms with Gasteiger partial charge in [-0.05, 0) is 55.3 Å². The van der Waals surface area contributed by atoms with Crippen molar-refractivity contribution in [3.05, 3.63) is 59.2 Å². The van der Waals surface area contributed by atoms with E-state index >= 15 is 0 Å². The normalized spacial score (nSPS) is 10.1. The van der Waals surface area contributed by atoms with Crippen LogP contribution in [0.1, 0.15) is 21.5 Å². The van der Waals surface area contributed by atoms with Crippen LogP contribution < -0.4 is 15.4 Å². The first-order chi connectivity index (χ1) is 12.4. The van der Waals surface area contributed by atoms with Crippen LogP contribution in [0.2, 0.25) is 0 Å². The fraction of sp³-hybridized carbons (Fsp3) is 0.211. The van der Waals surface area contributed by atoms with Gasteiger partial charge in [-0.3, -0.25) is 14.4 Å². The molecule has 0 fully saturated rings. The molecule has 136 valence electrons. The summed E-state index contributed by atoms with van der Waals surface area (Å²) >= 11 is 0. The van der Waals surface area contributed by atoms with Gasteiger partial charge in [-0.25, -0.2) is 0 Å². The predicted octanol–water partition coefficient (Wildman–Crippen LogP) is 2.14. The minimum absolute atomic E-state index is 0.134. The Bertz CT molecular complexity index is 815. The number of carboxylic acids is 1. The Hall–Kier alpha value is -3.35. The minimum Gasteiger partial charge on any atom is -0.483 e. The van der Waals surface area contributed by atoms with Crippen molar-refractivity contribution in [3.8, 4) is 5.75 Å². The van der Waals surface area contributed by atoms with Crippen molar-refractivity contribution in [2.75, 3.05) is 18.5 Å². The summed E-state index contributed by atoms with van der Waals surface area (Å²) in [6.45, 7) is 3.31. The van der Waals surface area contributed by atoms with E-state index in [0.717, 1.165) is 11.1 Å². The molecule has 2 aromatic carbocycles. The average Bonchev–Trinajstić information content (AvgIpc) is 2.61. The predicted molar refractivity (Wildman–Crippen MR) is 96.5 cm³/mol. The van der Waals surface area contributed by atoms with Crippen molar-refractivity contribution in [2.24, 2.45) is 0 Å². The van der Waals surface area contributed by atoms with Crippen LogP contribution >= 0.6 is 0 Å². The lowest BCUT2D eigenvalue weighted by atomic mass is 10.1. The molecule has 26 heavy (non-hydrogen) atoms. The molecule has 0 radical (unpaired) electrons. The highest BCUT2D eigenvalue weighted by molar-refractivity contribution is 5.97. The number of aliphatic carboxylic acids is 1. The van der Waals surface area contributed by atoms with Gasteiger partial charge < -0.3 is 20.5 Å². The van der Waals surface area contributed by atoms with Crippen LogP contribution in [-0.2, 0) is 9.59 Å². The molecule has 0 saturated carbocycles. The van der Waals surface area contributed by atoms with Crippen molar-refractivity contribution < 1.29 is 24.2 Å². The molecule has 7 heteroatoms. The van der Waals surface area contributed by atoms with Crippen LogP contribution in [0, 0.1) is 13.8 Å². The Morgan fingerprint density at radius 3 is 2.38 bits per heavy atom. The zero-order valence-electron chi connectivity index (χ0n) is 14.5. The highest BCUT2D eigenvalue weighted by Crippen LogP contribution is 2.20. The van der Waals surface area contributed by atoms with Gasteiger partial charge in [-0.15, -0.1) is 0 Å². The molecule has 0 bridgehead atoms. The van der Waals surface area contributed by atoms with E-state index in [1.54, 1.807) is 18.2 Å². The first kappa shape index (κ1) is 19.0. The summed E-state index contributed by atoms with van der Waals surface area (Å²) in [6.07, 6.45) is 0. The zero-order valence-corrected chi connectivity index (χ0v) is 14.5. The Balaban J connectivity index is 1.88. The summed E-state index contributed by atoms with van der Waals surface area (Å²) in [6, 6.07) is 11.8. The van der Waals surface area contributed by atoms with Crippen LogP contribution in [0.25, 0.3) is 0 Å². The number of carboxylic acid groups (broad SMARTS) is 1. The third-order valence-corrected chi connectivity index (χ3v) is 3.74. The molecule has 0 aliphatic carbocycles. The Labute approximate surface area is 151 Å². The third kappa shape index (κ3) is 5.34. The molecule has 3 N–H and O–H groups in total. The number of aryl methyl sites for hydroxylation is 1. The van der Waals surface area contributed by atoms with Gasteiger partial charge >= 0.3 is 5.97 Å². The maximum Gasteiger partial charge on any atom is 0.322 e. The van der Waals surface area contributed by atoms with E-state index in [4.69, 9.17) is 9.84 Å². The molecular weight excluding hydrogens is 336 g/mol. The molecule has 0 heterocycles. The quantitative estimate of drug-likeness (QED) is 0.705. The number of carbonyl (C=O) groups excluding carboxylic acids is 2. The number of benzene rings is 2. The molecule has 0 aliphatic rings. The fourth-order valence-corrected chi connectivity index (χ4v) is 2.18. The second-order valence-corrected chi connectivity index (χ2v) is 5.69. The second kappa shape index (κ2) is 8.66. The van der Waals surface area contributed by atoms with Gasteiger partial charge in [0.25, 0.3) is 11.8 Å². The summed E-state index contributed by atoms with van der Waals surface area (Å²) in [5.41, 5.74) is 2.88. The summed E-state index contributed by atoms with van der Waals surface area (Å²) in [4.78, 5) is 34.2. The van der Waals surface area contributed by atoms with E-state index in [1.807, 2.05) is 26.0 Å². The molecule has 2 rings (SSSR count). The summed E-state index contributed by atoms with van der Waals surface area (Å²) in [7, 11) is 0. The lowest BCUT2D eigenvalue weighted by Crippen LogP contribution is -2.29. The van der Waals surface area contributed by atoms with Crippen molar-refractivity contribution in [3.63, 3.8) is 0 Å². The molecule has 2 aromatic rings. The molecular formula is C19H20N2O5. The van der Waals surface area contributed by atoms with Crippen molar-refractivity contribution >= 4 is 23.5 Å². The number of nitrogens with one attached hydrogen (secondary N) is 2. The molecule has 7 nitrogen and oxygen atoms in total. The molecule has 0 aliphatic heterocycles. The molecule has 0 unspecified atom stereocenters. The van der Waals surface area contributed by atoms with Gasteiger partial charge in [0.1, 0.15) is 12.3 Å². The summed E-state index contributed by atoms with van der Waals surface area (Å²) in [5.74, 6) is -1.28. The van der Waals surface area contributed by atoms with Gasteiger partial charge in [0.15, 0.2) is 6.61 Å². The van der Waals surface area contributed by atoms with E-state index in [-0.39, 0.29) is 12.5 Å². The molecule has 0 atom stereocenters. The van der Waals surface area contributed by atoms with Gasteiger partial charge in [0.2, 0.25) is 0 Å². The van der Waals surface area contributed by atoms with Crippen LogP contribution in [-0.4, -0.2) is 36.0 Å². The number of rotatable bonds is 7. The second-order valence-electron chi connectivity index (χ2n) is 5.69. The van der Waals surface area contributed by atoms with E-state index in [9.17, 15) is 14.4 Å². The topological polar surface area (TPSA) is 105 Å². The minimum atomic E-state index is -1.12. The first-order valence-electron chi connectivity index (χ1n) is 7.95. The smallest absolute Gasteiger partial charge is 0.322 e. The third-order valence-electron chi connectivity index (χ3n) is 3.74. The van der Waals surface area contributed by atoms with Crippen molar-refractivity contribution in [2.45, 2.75) is 13.8 Å². The molecule has 0 aromatic heterocycles. The summed E-state index contributed by atoms with van der Waals surface area (Å²) < 4.78 is 5.54. The monoisotopic (exact) mass is 356 g/mol. The zero-order chi connectivity index (χ0) is 19.1. The number of hydrogen-bond donors (Lipinski definition) is 3. The Morgan fingerprint density at radius 1 is 1.04 bits per heavy atom. The number of anilines is 1. The van der Waals surface area contributed by atoms with Crippen LogP contribution in [0.15, 0.2) is 42.5 Å². The first-order valence-corrected chi connectivity index (χ1v) is 7.95. The number of ether oxygens (including phenoxy) is 1. The van der Waals surface area contributed by atoms with E-state index in [2.05, 4.69) is 10.6 Å². The van der Waals surface area contributed by atoms with E-state index in [0.29, 0.717) is 17.0 Å². The molecule has 0 saturated heterocycles. The lowest BCUT2D eigenvalue weighted by molar-refractivity contribution is -0.135. The van der Waals surface area contributed by atoms with Crippen LogP contribution in [0.5, 0.6) is 5.75 Å². The van der Waals surface area contributed by atoms with Gasteiger partial charge in [0, 0.05) is 11.3 Å². The van der Waals surface area contributed by atoms with E-state index in [1.165, 1.54) is 12.1 Å². The molecule has 2 amide bonds. The SMILES string of the molecule is Cc1cccc(OCC(=O)Nc2ccc(C(=O)NCC(=O)O)cc2)c1C. The standard InChI is InChI=1S/C19H20N2O5/c1-12-4-3-5-16(13(12)2)26-11-17(22)21-15-8-6-14(7-9-15)19(25)20-10-18(23)24/h3-9H,10-11H2,1-2H3,(H,20,25)(H,21,22)(H,23,24). The Kier molecular flexibility index (Phi) is 6.32. The van der Waals surface area contributed by atoms with Crippen LogP contribution in [0.3, 0.4) is 0 Å². The van der Waals surface area contributed by atoms with Crippen molar-refractivity contribution in [1.82, 2.24) is 5.32 Å². The highest BCUT2D eigenvalue weighted by atomic mass is 16.5. The molecule has 0 spiro atoms. The number of amides is 2. The van der Waals surface area contributed by atoms with Gasteiger partial charge in [-0.2, -0.15) is 0 Å². The van der Waals surface area contributed by atoms with Gasteiger partial charge in [0.05, 0.1) is 0 Å². The average molecular weight is 356 g/mol. The largest absolute Gasteiger partial charge is 0.483 e. The Morgan fingerprint density at radius 2 is 1.73 bits per heavy atom. The maximum atomic E-state index is 12.0. The van der Waals surface area contributed by atoms with Gasteiger partial charge in [-0.1, -0.05) is 12.1 Å². The summed E-state index contributed by atoms with van der Waals surface area (Å²) in [5, 5.41) is 13.5.